The minimum absolute atomic E-state index is 0.0755. The van der Waals surface area contributed by atoms with Gasteiger partial charge in [-0.2, -0.15) is 13.2 Å². The normalized spacial score (nSPS) is 17.9. The minimum Gasteiger partial charge on any atom is -0.395 e. The first-order valence-corrected chi connectivity index (χ1v) is 12.2. The number of nitrogens with one attached hydrogen (secondary N) is 1. The molecule has 33 heavy (non-hydrogen) atoms. The van der Waals surface area contributed by atoms with E-state index in [9.17, 15) is 21.9 Å². The second kappa shape index (κ2) is 11.1. The molecule has 5 nitrogen and oxygen atoms in total. The van der Waals surface area contributed by atoms with Crippen molar-refractivity contribution in [2.24, 2.45) is 0 Å². The Morgan fingerprint density at radius 2 is 1.82 bits per heavy atom. The lowest BCUT2D eigenvalue weighted by Gasteiger charge is -2.25. The van der Waals surface area contributed by atoms with Gasteiger partial charge in [-0.3, -0.25) is 0 Å². The van der Waals surface area contributed by atoms with Crippen molar-refractivity contribution in [3.63, 3.8) is 0 Å². The van der Waals surface area contributed by atoms with E-state index >= 15 is 0 Å². The van der Waals surface area contributed by atoms with Crippen LogP contribution >= 0.6 is 0 Å². The molecule has 1 aliphatic carbocycles. The molecule has 2 aromatic carbocycles. The van der Waals surface area contributed by atoms with Gasteiger partial charge in [0, 0.05) is 25.7 Å². The molecule has 3 unspecified atom stereocenters. The van der Waals surface area contributed by atoms with Gasteiger partial charge in [0.2, 0.25) is 0 Å². The van der Waals surface area contributed by atoms with E-state index < -0.39 is 22.8 Å². The van der Waals surface area contributed by atoms with Gasteiger partial charge in [0.25, 0.3) is 0 Å². The number of hydrogen-bond acceptors (Lipinski definition) is 4. The Bertz CT molecular complexity index is 984. The topological polar surface area (TPSA) is 72.8 Å². The van der Waals surface area contributed by atoms with Gasteiger partial charge in [-0.25, -0.2) is 4.21 Å². The summed E-state index contributed by atoms with van der Waals surface area (Å²) in [6.45, 7) is 2.76. The van der Waals surface area contributed by atoms with Crippen molar-refractivity contribution in [3.8, 4) is 0 Å². The van der Waals surface area contributed by atoms with E-state index in [0.29, 0.717) is 30.6 Å². The second-order valence-electron chi connectivity index (χ2n) is 8.80. The number of likely N-dealkylation sites (N-methyl/N-ethyl adjacent to an activating group) is 1. The highest BCUT2D eigenvalue weighted by atomic mass is 32.2. The van der Waals surface area contributed by atoms with Crippen LogP contribution in [0.15, 0.2) is 36.4 Å². The molecule has 3 rings (SSSR count). The SMILES string of the molecule is CC(CN(C)C1Cc2ccc(Cc3cc(CNCCO)cc(C(F)(F)F)c3)cc2C1)S(=O)O. The maximum Gasteiger partial charge on any atom is 0.416 e. The summed E-state index contributed by atoms with van der Waals surface area (Å²) in [5.74, 6) is 0. The zero-order valence-corrected chi connectivity index (χ0v) is 19.7. The van der Waals surface area contributed by atoms with Crippen molar-refractivity contribution in [1.82, 2.24) is 10.2 Å². The lowest BCUT2D eigenvalue weighted by Crippen LogP contribution is -2.38. The van der Waals surface area contributed by atoms with Gasteiger partial charge in [0.05, 0.1) is 17.4 Å². The van der Waals surface area contributed by atoms with E-state index in [4.69, 9.17) is 5.11 Å². The molecule has 9 heteroatoms. The monoisotopic (exact) mass is 484 g/mol. The number of fused-ring (bicyclic) bond motifs is 1. The van der Waals surface area contributed by atoms with E-state index in [1.807, 2.05) is 19.2 Å². The first-order valence-electron chi connectivity index (χ1n) is 11.0. The van der Waals surface area contributed by atoms with E-state index in [1.54, 1.807) is 13.0 Å². The molecular formula is C24H31F3N2O3S. The molecule has 182 valence electrons. The molecule has 0 radical (unpaired) electrons. The molecule has 0 aliphatic heterocycles. The second-order valence-corrected chi connectivity index (χ2v) is 10.2. The van der Waals surface area contributed by atoms with E-state index in [-0.39, 0.29) is 24.4 Å². The van der Waals surface area contributed by atoms with E-state index in [2.05, 4.69) is 16.3 Å². The molecular weight excluding hydrogens is 453 g/mol. The molecule has 2 aromatic rings. The zero-order chi connectivity index (χ0) is 24.2. The van der Waals surface area contributed by atoms with Crippen molar-refractivity contribution in [2.45, 2.75) is 50.2 Å². The highest BCUT2D eigenvalue weighted by Crippen LogP contribution is 2.32. The van der Waals surface area contributed by atoms with Crippen LogP contribution in [0.1, 0.15) is 40.3 Å². The molecule has 0 heterocycles. The smallest absolute Gasteiger partial charge is 0.395 e. The van der Waals surface area contributed by atoms with Crippen LogP contribution < -0.4 is 5.32 Å². The average molecular weight is 485 g/mol. The van der Waals surface area contributed by atoms with Crippen molar-refractivity contribution < 1.29 is 27.0 Å². The lowest BCUT2D eigenvalue weighted by atomic mass is 9.97. The fourth-order valence-electron chi connectivity index (χ4n) is 4.37. The molecule has 0 amide bonds. The van der Waals surface area contributed by atoms with Crippen LogP contribution in [0.4, 0.5) is 13.2 Å². The fraction of sp³-hybridized carbons (Fsp3) is 0.500. The van der Waals surface area contributed by atoms with Gasteiger partial charge in [0.1, 0.15) is 0 Å². The van der Waals surface area contributed by atoms with Gasteiger partial charge in [-0.15, -0.1) is 0 Å². The first kappa shape index (κ1) is 25.8. The Hall–Kier alpha value is -1.78. The average Bonchev–Trinajstić information content (AvgIpc) is 3.16. The zero-order valence-electron chi connectivity index (χ0n) is 18.9. The number of hydrogen-bond donors (Lipinski definition) is 3. The minimum atomic E-state index is -4.42. The summed E-state index contributed by atoms with van der Waals surface area (Å²) >= 11 is -1.86. The highest BCUT2D eigenvalue weighted by molar-refractivity contribution is 7.79. The molecule has 0 aromatic heterocycles. The molecule has 0 fully saturated rings. The molecule has 0 bridgehead atoms. The summed E-state index contributed by atoms with van der Waals surface area (Å²) in [6, 6.07) is 10.5. The van der Waals surface area contributed by atoms with Crippen LogP contribution in [-0.4, -0.2) is 56.8 Å². The van der Waals surface area contributed by atoms with Crippen LogP contribution in [0.25, 0.3) is 0 Å². The third kappa shape index (κ3) is 7.10. The van der Waals surface area contributed by atoms with Crippen LogP contribution in [0.5, 0.6) is 0 Å². The standard InChI is InChI=1S/C24H31F3N2O3S/c1-16(33(31)32)15-29(2)23-12-20-4-3-17(9-21(20)13-23)7-18-8-19(14-28-5-6-30)11-22(10-18)24(25,26)27/h3-4,8-11,16,23,28,30H,5-7,12-15H2,1-2H3,(H,31,32). The van der Waals surface area contributed by atoms with Gasteiger partial charge in [-0.1, -0.05) is 24.3 Å². The fourth-order valence-corrected chi connectivity index (χ4v) is 4.73. The number of alkyl halides is 3. The van der Waals surface area contributed by atoms with Crippen LogP contribution in [0, 0.1) is 0 Å². The Morgan fingerprint density at radius 3 is 2.48 bits per heavy atom. The Morgan fingerprint density at radius 1 is 1.12 bits per heavy atom. The molecule has 3 N–H and O–H groups in total. The molecule has 0 saturated heterocycles. The van der Waals surface area contributed by atoms with Crippen LogP contribution in [-0.2, 0) is 43.1 Å². The van der Waals surface area contributed by atoms with E-state index in [0.717, 1.165) is 24.5 Å². The molecule has 1 aliphatic rings. The van der Waals surface area contributed by atoms with Crippen molar-refractivity contribution in [3.05, 3.63) is 69.8 Å². The summed E-state index contributed by atoms with van der Waals surface area (Å²) < 4.78 is 60.8. The summed E-state index contributed by atoms with van der Waals surface area (Å²) in [5, 5.41) is 11.5. The quantitative estimate of drug-likeness (QED) is 0.356. The number of halogens is 3. The van der Waals surface area contributed by atoms with Gasteiger partial charge >= 0.3 is 6.18 Å². The summed E-state index contributed by atoms with van der Waals surface area (Å²) in [5.41, 5.74) is 3.81. The number of nitrogens with zero attached hydrogens (tertiary/aromatic N) is 1. The van der Waals surface area contributed by atoms with Crippen molar-refractivity contribution in [1.29, 1.82) is 0 Å². The number of aliphatic hydroxyl groups excluding tert-OH is 1. The van der Waals surface area contributed by atoms with Gasteiger partial charge in [-0.05, 0) is 73.2 Å². The molecule has 3 atom stereocenters. The van der Waals surface area contributed by atoms with Crippen LogP contribution in [0.3, 0.4) is 0 Å². The predicted molar refractivity (Wildman–Crippen MR) is 124 cm³/mol. The Balaban J connectivity index is 1.74. The summed E-state index contributed by atoms with van der Waals surface area (Å²) in [6.07, 6.45) is -2.37. The first-order chi connectivity index (χ1) is 15.6. The Labute approximate surface area is 195 Å². The molecule has 0 saturated carbocycles. The lowest BCUT2D eigenvalue weighted by molar-refractivity contribution is -0.137. The van der Waals surface area contributed by atoms with Gasteiger partial charge in [0.15, 0.2) is 11.1 Å². The number of rotatable bonds is 10. The Kier molecular flexibility index (Phi) is 8.69. The summed E-state index contributed by atoms with van der Waals surface area (Å²) in [7, 11) is 1.95. The van der Waals surface area contributed by atoms with Crippen molar-refractivity contribution in [2.75, 3.05) is 26.7 Å². The largest absolute Gasteiger partial charge is 0.416 e. The maximum absolute atomic E-state index is 13.4. The molecule has 0 spiro atoms. The van der Waals surface area contributed by atoms with E-state index in [1.165, 1.54) is 17.2 Å². The summed E-state index contributed by atoms with van der Waals surface area (Å²) in [4.78, 5) is 2.11. The predicted octanol–water partition coefficient (Wildman–Crippen LogP) is 3.39. The number of benzene rings is 2. The van der Waals surface area contributed by atoms with Gasteiger partial charge < -0.3 is 19.9 Å². The third-order valence-electron chi connectivity index (χ3n) is 6.10. The third-order valence-corrected chi connectivity index (χ3v) is 6.94. The van der Waals surface area contributed by atoms with Crippen molar-refractivity contribution >= 4 is 11.1 Å². The maximum atomic E-state index is 13.4. The highest BCUT2D eigenvalue weighted by Gasteiger charge is 2.31. The number of aliphatic hydroxyl groups is 1. The van der Waals surface area contributed by atoms with Crippen LogP contribution in [0.2, 0.25) is 0 Å².